The highest BCUT2D eigenvalue weighted by Crippen LogP contribution is 2.35. The Hall–Kier alpha value is -2.10. The van der Waals surface area contributed by atoms with Gasteiger partial charge in [0.1, 0.15) is 29.0 Å². The van der Waals surface area contributed by atoms with Gasteiger partial charge < -0.3 is 10.1 Å². The molecule has 10 heteroatoms. The van der Waals surface area contributed by atoms with Gasteiger partial charge in [0, 0.05) is 10.8 Å². The monoisotopic (exact) mass is 476 g/mol. The second-order valence-corrected chi connectivity index (χ2v) is 9.29. The van der Waals surface area contributed by atoms with Crippen molar-refractivity contribution in [2.75, 3.05) is 17.3 Å². The van der Waals surface area contributed by atoms with Gasteiger partial charge in [-0.05, 0) is 43.4 Å². The second kappa shape index (κ2) is 10.0. The van der Waals surface area contributed by atoms with Crippen molar-refractivity contribution < 1.29 is 4.74 Å². The lowest BCUT2D eigenvalue weighted by molar-refractivity contribution is 0.276. The Morgan fingerprint density at radius 3 is 2.74 bits per heavy atom. The van der Waals surface area contributed by atoms with Crippen molar-refractivity contribution in [2.45, 2.75) is 49.5 Å². The lowest BCUT2D eigenvalue weighted by Gasteiger charge is -2.36. The van der Waals surface area contributed by atoms with Gasteiger partial charge in [0.2, 0.25) is 0 Å². The molecule has 1 unspecified atom stereocenters. The fraction of sp³-hybridized carbons (Fsp3) is 0.381. The summed E-state index contributed by atoms with van der Waals surface area (Å²) in [4.78, 5) is 14.4. The van der Waals surface area contributed by atoms with Crippen LogP contribution in [0.2, 0.25) is 5.02 Å². The van der Waals surface area contributed by atoms with Crippen LogP contribution >= 0.6 is 35.1 Å². The molecule has 2 aliphatic heterocycles. The zero-order chi connectivity index (χ0) is 21.8. The van der Waals surface area contributed by atoms with Crippen molar-refractivity contribution in [1.29, 1.82) is 0 Å². The van der Waals surface area contributed by atoms with E-state index in [0.29, 0.717) is 16.6 Å². The molecule has 0 aliphatic carbocycles. The van der Waals surface area contributed by atoms with Gasteiger partial charge in [-0.15, -0.1) is 11.8 Å². The number of thioether (sulfide) groups is 2. The number of ether oxygens (including phenoxy) is 1. The fourth-order valence-corrected chi connectivity index (χ4v) is 4.90. The molecule has 0 saturated carbocycles. The molecule has 1 aromatic heterocycles. The average Bonchev–Trinajstić information content (AvgIpc) is 3.22. The van der Waals surface area contributed by atoms with Crippen LogP contribution in [0.1, 0.15) is 38.7 Å². The number of hydrogen-bond donors (Lipinski definition) is 2. The molecule has 1 aromatic carbocycles. The molecule has 0 saturated heterocycles. The molecule has 1 atom stereocenters. The van der Waals surface area contributed by atoms with Crippen molar-refractivity contribution in [1.82, 2.24) is 20.4 Å². The number of unbranched alkanes of at least 4 members (excludes halogenated alkanes) is 1. The SMILES string of the molecule is CCCCSc1nc2c(c(SC)n1)C1=NC(=COc3ccc(Cl)cc3)NN1C(CC)N2. The number of rotatable bonds is 8. The van der Waals surface area contributed by atoms with E-state index < -0.39 is 0 Å². The molecule has 4 rings (SSSR count). The number of benzene rings is 1. The second-order valence-electron chi connectivity index (χ2n) is 7.00. The molecule has 0 fully saturated rings. The Labute approximate surface area is 196 Å². The van der Waals surface area contributed by atoms with Crippen LogP contribution in [0.5, 0.6) is 5.75 Å². The summed E-state index contributed by atoms with van der Waals surface area (Å²) in [7, 11) is 0. The number of aliphatic imine (C=N–C) groups is 1. The molecule has 0 bridgehead atoms. The molecule has 31 heavy (non-hydrogen) atoms. The summed E-state index contributed by atoms with van der Waals surface area (Å²) in [6, 6.07) is 7.21. The molecular weight excluding hydrogens is 452 g/mol. The van der Waals surface area contributed by atoms with Gasteiger partial charge in [-0.3, -0.25) is 5.43 Å². The largest absolute Gasteiger partial charge is 0.461 e. The number of nitrogens with one attached hydrogen (secondary N) is 2. The molecular formula is C21H25ClN6OS2. The summed E-state index contributed by atoms with van der Waals surface area (Å²) in [5.41, 5.74) is 4.25. The number of hydrazine groups is 1. The van der Waals surface area contributed by atoms with Gasteiger partial charge in [-0.1, -0.05) is 43.6 Å². The molecule has 2 N–H and O–H groups in total. The van der Waals surface area contributed by atoms with Crippen LogP contribution in [0.25, 0.3) is 0 Å². The molecule has 3 heterocycles. The van der Waals surface area contributed by atoms with Crippen LogP contribution in [-0.4, -0.2) is 39.0 Å². The number of fused-ring (bicyclic) bond motifs is 3. The minimum Gasteiger partial charge on any atom is -0.461 e. The predicted octanol–water partition coefficient (Wildman–Crippen LogP) is 5.35. The summed E-state index contributed by atoms with van der Waals surface area (Å²) in [6.45, 7) is 4.32. The predicted molar refractivity (Wildman–Crippen MR) is 129 cm³/mol. The van der Waals surface area contributed by atoms with Crippen molar-refractivity contribution in [3.8, 4) is 5.75 Å². The lowest BCUT2D eigenvalue weighted by atomic mass is 10.2. The van der Waals surface area contributed by atoms with Gasteiger partial charge >= 0.3 is 0 Å². The number of nitrogens with zero attached hydrogens (tertiary/aromatic N) is 4. The third-order valence-electron chi connectivity index (χ3n) is 4.81. The van der Waals surface area contributed by atoms with Gasteiger partial charge in [0.15, 0.2) is 16.8 Å². The van der Waals surface area contributed by atoms with Gasteiger partial charge in [0.25, 0.3) is 0 Å². The van der Waals surface area contributed by atoms with Crippen LogP contribution in [0.3, 0.4) is 0 Å². The number of amidine groups is 1. The van der Waals surface area contributed by atoms with Gasteiger partial charge in [0.05, 0.1) is 5.56 Å². The lowest BCUT2D eigenvalue weighted by Crippen LogP contribution is -2.52. The zero-order valence-electron chi connectivity index (χ0n) is 17.7. The molecule has 0 amide bonds. The highest BCUT2D eigenvalue weighted by atomic mass is 35.5. The van der Waals surface area contributed by atoms with Crippen LogP contribution in [0.15, 0.2) is 51.5 Å². The maximum Gasteiger partial charge on any atom is 0.190 e. The van der Waals surface area contributed by atoms with E-state index in [2.05, 4.69) is 24.6 Å². The maximum absolute atomic E-state index is 5.94. The summed E-state index contributed by atoms with van der Waals surface area (Å²) in [6.07, 6.45) is 6.84. The van der Waals surface area contributed by atoms with E-state index in [-0.39, 0.29) is 6.17 Å². The molecule has 7 nitrogen and oxygen atoms in total. The van der Waals surface area contributed by atoms with Crippen molar-refractivity contribution in [2.24, 2.45) is 4.99 Å². The fourth-order valence-electron chi connectivity index (χ4n) is 3.21. The molecule has 0 radical (unpaired) electrons. The maximum atomic E-state index is 5.94. The van der Waals surface area contributed by atoms with E-state index in [9.17, 15) is 0 Å². The average molecular weight is 477 g/mol. The first-order valence-electron chi connectivity index (χ1n) is 10.3. The first kappa shape index (κ1) is 22.1. The van der Waals surface area contributed by atoms with Crippen molar-refractivity contribution in [3.63, 3.8) is 0 Å². The molecule has 2 aromatic rings. The Balaban J connectivity index is 1.64. The van der Waals surface area contributed by atoms with E-state index in [1.54, 1.807) is 41.9 Å². The van der Waals surface area contributed by atoms with E-state index in [1.807, 2.05) is 23.4 Å². The minimum absolute atomic E-state index is 0.0192. The first-order valence-corrected chi connectivity index (χ1v) is 12.8. The zero-order valence-corrected chi connectivity index (χ0v) is 20.1. The third kappa shape index (κ3) is 4.88. The highest BCUT2D eigenvalue weighted by Gasteiger charge is 2.37. The van der Waals surface area contributed by atoms with Crippen molar-refractivity contribution >= 4 is 46.8 Å². The van der Waals surface area contributed by atoms with Gasteiger partial charge in [-0.25, -0.2) is 20.0 Å². The number of aromatic nitrogens is 2. The quantitative estimate of drug-likeness (QED) is 0.173. The van der Waals surface area contributed by atoms with E-state index in [1.165, 1.54) is 0 Å². The number of halogens is 1. The first-order chi connectivity index (χ1) is 15.1. The van der Waals surface area contributed by atoms with Crippen LogP contribution in [0, 0.1) is 0 Å². The summed E-state index contributed by atoms with van der Waals surface area (Å²) < 4.78 is 5.76. The minimum atomic E-state index is 0.0192. The topological polar surface area (TPSA) is 74.7 Å². The smallest absolute Gasteiger partial charge is 0.190 e. The van der Waals surface area contributed by atoms with Crippen LogP contribution < -0.4 is 15.5 Å². The third-order valence-corrected chi connectivity index (χ3v) is 6.68. The van der Waals surface area contributed by atoms with Crippen molar-refractivity contribution in [3.05, 3.63) is 46.9 Å². The standard InChI is InChI=1S/C21H25ClN6OS2/c1-4-6-11-31-21-25-18-17(20(26-21)30-3)19-23-15(27-28(19)16(5-2)24-18)12-29-14-9-7-13(22)8-10-14/h7-10,12,16,27H,4-6,11H2,1-3H3,(H,24,25,26). The van der Waals surface area contributed by atoms with Gasteiger partial charge in [-0.2, -0.15) is 0 Å². The van der Waals surface area contributed by atoms with Crippen LogP contribution in [0.4, 0.5) is 5.82 Å². The Kier molecular flexibility index (Phi) is 7.14. The van der Waals surface area contributed by atoms with E-state index >= 15 is 0 Å². The highest BCUT2D eigenvalue weighted by molar-refractivity contribution is 7.99. The molecule has 164 valence electrons. The Morgan fingerprint density at radius 1 is 1.23 bits per heavy atom. The summed E-state index contributed by atoms with van der Waals surface area (Å²) >= 11 is 9.25. The van der Waals surface area contributed by atoms with E-state index in [0.717, 1.165) is 52.4 Å². The normalized spacial score (nSPS) is 18.2. The summed E-state index contributed by atoms with van der Waals surface area (Å²) in [5, 5.41) is 7.95. The van der Waals surface area contributed by atoms with E-state index in [4.69, 9.17) is 31.3 Å². The summed E-state index contributed by atoms with van der Waals surface area (Å²) in [5.74, 6) is 3.97. The number of hydrogen-bond acceptors (Lipinski definition) is 9. The number of anilines is 1. The Bertz CT molecular complexity index is 998. The van der Waals surface area contributed by atoms with Crippen LogP contribution in [-0.2, 0) is 0 Å². The molecule has 2 aliphatic rings. The Morgan fingerprint density at radius 2 is 2.03 bits per heavy atom. The molecule has 0 spiro atoms.